The molecule has 0 spiro atoms. The van der Waals surface area contributed by atoms with Crippen LogP contribution in [0.4, 0.5) is 18.9 Å². The Morgan fingerprint density at radius 3 is 2.61 bits per heavy atom. The highest BCUT2D eigenvalue weighted by Gasteiger charge is 2.32. The van der Waals surface area contributed by atoms with Gasteiger partial charge in [0.25, 0.3) is 11.8 Å². The molecule has 5 nitrogen and oxygen atoms in total. The van der Waals surface area contributed by atoms with E-state index in [2.05, 4.69) is 10.2 Å². The molecule has 2 aromatic heterocycles. The summed E-state index contributed by atoms with van der Waals surface area (Å²) in [6.45, 7) is 4.96. The molecule has 0 amide bonds. The van der Waals surface area contributed by atoms with Gasteiger partial charge in [0.1, 0.15) is 0 Å². The molecule has 0 bridgehead atoms. The molecule has 1 fully saturated rings. The number of quaternary nitrogens is 1. The summed E-state index contributed by atoms with van der Waals surface area (Å²) in [4.78, 5) is 4.22. The normalized spacial score (nSPS) is 17.1. The molecule has 1 aromatic carbocycles. The van der Waals surface area contributed by atoms with Gasteiger partial charge in [0.2, 0.25) is 0 Å². The van der Waals surface area contributed by atoms with Crippen LogP contribution >= 0.6 is 11.3 Å². The Bertz CT molecular complexity index is 917. The van der Waals surface area contributed by atoms with Gasteiger partial charge in [-0.2, -0.15) is 13.2 Å². The summed E-state index contributed by atoms with van der Waals surface area (Å²) in [5, 5.41) is 10.3. The van der Waals surface area contributed by atoms with Crippen LogP contribution in [0.1, 0.15) is 24.4 Å². The molecular weight excluding hydrogens is 389 g/mol. The summed E-state index contributed by atoms with van der Waals surface area (Å²) < 4.78 is 44.7. The fraction of sp³-hybridized carbons (Fsp3) is 0.368. The average Bonchev–Trinajstić information content (AvgIpc) is 3.39. The minimum absolute atomic E-state index is 0.0323. The number of piperazine rings is 1. The average molecular weight is 409 g/mol. The number of benzene rings is 1. The number of nitrogens with zero attached hydrogens (tertiary/aromatic N) is 3. The lowest BCUT2D eigenvalue weighted by Crippen LogP contribution is -3.14. The first-order chi connectivity index (χ1) is 13.4. The van der Waals surface area contributed by atoms with Crippen LogP contribution in [0.2, 0.25) is 0 Å². The monoisotopic (exact) mass is 409 g/mol. The molecule has 3 aromatic rings. The maximum absolute atomic E-state index is 12.9. The van der Waals surface area contributed by atoms with Gasteiger partial charge in [-0.05, 0) is 36.6 Å². The van der Waals surface area contributed by atoms with Crippen molar-refractivity contribution >= 4 is 17.0 Å². The summed E-state index contributed by atoms with van der Waals surface area (Å²) in [6.07, 6.45) is -4.32. The number of hydrogen-bond acceptors (Lipinski definition) is 5. The van der Waals surface area contributed by atoms with E-state index in [0.717, 1.165) is 24.0 Å². The van der Waals surface area contributed by atoms with Gasteiger partial charge in [0, 0.05) is 5.69 Å². The van der Waals surface area contributed by atoms with Crippen molar-refractivity contribution in [2.45, 2.75) is 19.1 Å². The smallest absolute Gasteiger partial charge is 0.414 e. The molecule has 1 aliphatic rings. The lowest BCUT2D eigenvalue weighted by atomic mass is 10.1. The van der Waals surface area contributed by atoms with Crippen LogP contribution in [0.25, 0.3) is 10.8 Å². The summed E-state index contributed by atoms with van der Waals surface area (Å²) in [7, 11) is 0. The second kappa shape index (κ2) is 7.56. The van der Waals surface area contributed by atoms with Gasteiger partial charge in [-0.15, -0.1) is 21.5 Å². The van der Waals surface area contributed by atoms with Crippen LogP contribution in [-0.2, 0) is 6.18 Å². The van der Waals surface area contributed by atoms with Crippen molar-refractivity contribution in [2.24, 2.45) is 0 Å². The van der Waals surface area contributed by atoms with E-state index < -0.39 is 11.7 Å². The fourth-order valence-corrected chi connectivity index (χ4v) is 4.09. The van der Waals surface area contributed by atoms with Gasteiger partial charge in [0.05, 0.1) is 36.6 Å². The van der Waals surface area contributed by atoms with Gasteiger partial charge in [-0.3, -0.25) is 0 Å². The molecule has 1 N–H and O–H groups in total. The predicted molar refractivity (Wildman–Crippen MR) is 100 cm³/mol. The van der Waals surface area contributed by atoms with Crippen LogP contribution in [0, 0.1) is 0 Å². The Hall–Kier alpha value is -2.39. The molecule has 0 radical (unpaired) electrons. The standard InChI is InChI=1S/C19H19F3N4OS/c1-13(17-23-24-18(27-17)16-6-3-11-28-16)25-7-9-26(10-8-25)15-5-2-4-14(12-15)19(20,21)22/h2-6,11-13H,7-10H2,1H3/p+1/t13-/m0/s1. The molecule has 9 heteroatoms. The van der Waals surface area contributed by atoms with Crippen molar-refractivity contribution in [3.8, 4) is 10.8 Å². The summed E-state index contributed by atoms with van der Waals surface area (Å²) in [5.74, 6) is 1.12. The van der Waals surface area contributed by atoms with Crippen molar-refractivity contribution in [1.82, 2.24) is 10.2 Å². The van der Waals surface area contributed by atoms with Gasteiger partial charge in [-0.25, -0.2) is 0 Å². The van der Waals surface area contributed by atoms with E-state index in [1.165, 1.54) is 17.0 Å². The molecule has 3 heterocycles. The quantitative estimate of drug-likeness (QED) is 0.719. The van der Waals surface area contributed by atoms with Crippen molar-refractivity contribution in [3.05, 3.63) is 53.2 Å². The van der Waals surface area contributed by atoms with Crippen LogP contribution in [0.5, 0.6) is 0 Å². The first-order valence-electron chi connectivity index (χ1n) is 9.06. The molecule has 0 aliphatic carbocycles. The van der Waals surface area contributed by atoms with Gasteiger partial charge in [0.15, 0.2) is 6.04 Å². The van der Waals surface area contributed by atoms with Crippen LogP contribution < -0.4 is 9.80 Å². The number of halogens is 3. The topological polar surface area (TPSA) is 46.6 Å². The number of aromatic nitrogens is 2. The lowest BCUT2D eigenvalue weighted by molar-refractivity contribution is -0.931. The minimum atomic E-state index is -4.32. The Kier molecular flexibility index (Phi) is 5.11. The largest absolute Gasteiger partial charge is 0.416 e. The van der Waals surface area contributed by atoms with Gasteiger partial charge < -0.3 is 14.2 Å². The maximum Gasteiger partial charge on any atom is 0.416 e. The molecule has 0 saturated carbocycles. The SMILES string of the molecule is C[C@@H](c1nnc(-c2cccs2)o1)[NH+]1CCN(c2cccc(C(F)(F)F)c2)CC1. The zero-order valence-electron chi connectivity index (χ0n) is 15.2. The maximum atomic E-state index is 12.9. The number of nitrogens with one attached hydrogen (secondary N) is 1. The summed E-state index contributed by atoms with van der Waals surface area (Å²) >= 11 is 1.55. The fourth-order valence-electron chi connectivity index (χ4n) is 3.45. The van der Waals surface area contributed by atoms with Gasteiger partial charge >= 0.3 is 6.18 Å². The predicted octanol–water partition coefficient (Wildman–Crippen LogP) is 3.28. The molecular formula is C19H20F3N4OS+. The lowest BCUT2D eigenvalue weighted by Gasteiger charge is -2.35. The van der Waals surface area contributed by atoms with E-state index in [0.29, 0.717) is 30.6 Å². The number of hydrogen-bond donors (Lipinski definition) is 1. The summed E-state index contributed by atoms with van der Waals surface area (Å²) in [6, 6.07) is 9.43. The number of anilines is 1. The Morgan fingerprint density at radius 2 is 1.93 bits per heavy atom. The van der Waals surface area contributed by atoms with Crippen LogP contribution in [0.3, 0.4) is 0 Å². The molecule has 28 heavy (non-hydrogen) atoms. The van der Waals surface area contributed by atoms with Crippen molar-refractivity contribution in [3.63, 3.8) is 0 Å². The van der Waals surface area contributed by atoms with Crippen LogP contribution in [0.15, 0.2) is 46.2 Å². The van der Waals surface area contributed by atoms with E-state index in [1.54, 1.807) is 17.4 Å². The highest BCUT2D eigenvalue weighted by atomic mass is 32.1. The van der Waals surface area contributed by atoms with Gasteiger partial charge in [-0.1, -0.05) is 12.1 Å². The van der Waals surface area contributed by atoms with Crippen molar-refractivity contribution in [2.75, 3.05) is 31.1 Å². The summed E-state index contributed by atoms with van der Waals surface area (Å²) in [5.41, 5.74) is -0.000545. The van der Waals surface area contributed by atoms with Crippen molar-refractivity contribution < 1.29 is 22.5 Å². The Labute approximate surface area is 164 Å². The molecule has 148 valence electrons. The number of thiophene rings is 1. The first kappa shape index (κ1) is 18.9. The van der Waals surface area contributed by atoms with E-state index in [9.17, 15) is 13.2 Å². The second-order valence-electron chi connectivity index (χ2n) is 6.84. The highest BCUT2D eigenvalue weighted by Crippen LogP contribution is 2.31. The van der Waals surface area contributed by atoms with Crippen LogP contribution in [-0.4, -0.2) is 36.4 Å². The van der Waals surface area contributed by atoms with E-state index in [1.807, 2.05) is 29.3 Å². The Balaban J connectivity index is 1.40. The zero-order valence-corrected chi connectivity index (χ0v) is 16.1. The van der Waals surface area contributed by atoms with E-state index >= 15 is 0 Å². The molecule has 0 unspecified atom stereocenters. The molecule has 1 atom stereocenters. The Morgan fingerprint density at radius 1 is 1.14 bits per heavy atom. The van der Waals surface area contributed by atoms with E-state index in [4.69, 9.17) is 4.42 Å². The minimum Gasteiger partial charge on any atom is -0.414 e. The number of rotatable bonds is 4. The third-order valence-corrected chi connectivity index (χ3v) is 5.96. The third-order valence-electron chi connectivity index (χ3n) is 5.10. The van der Waals surface area contributed by atoms with E-state index in [-0.39, 0.29) is 6.04 Å². The third kappa shape index (κ3) is 3.90. The number of alkyl halides is 3. The zero-order chi connectivity index (χ0) is 19.7. The molecule has 1 aliphatic heterocycles. The highest BCUT2D eigenvalue weighted by molar-refractivity contribution is 7.13. The molecule has 1 saturated heterocycles. The second-order valence-corrected chi connectivity index (χ2v) is 7.79. The first-order valence-corrected chi connectivity index (χ1v) is 9.94. The molecule has 4 rings (SSSR count). The van der Waals surface area contributed by atoms with Crippen molar-refractivity contribution in [1.29, 1.82) is 0 Å².